The van der Waals surface area contributed by atoms with Gasteiger partial charge < -0.3 is 10.1 Å². The van der Waals surface area contributed by atoms with Gasteiger partial charge in [-0.1, -0.05) is 42.1 Å². The predicted octanol–water partition coefficient (Wildman–Crippen LogP) is 4.40. The van der Waals surface area contributed by atoms with Gasteiger partial charge >= 0.3 is 0 Å². The maximum absolute atomic E-state index is 10.5. The normalized spacial score (nSPS) is 12.1. The summed E-state index contributed by atoms with van der Waals surface area (Å²) >= 11 is 1.37. The van der Waals surface area contributed by atoms with Gasteiger partial charge in [-0.15, -0.1) is 0 Å². The zero-order valence-electron chi connectivity index (χ0n) is 14.5. The van der Waals surface area contributed by atoms with Crippen LogP contribution in [0.25, 0.3) is 27.5 Å². The van der Waals surface area contributed by atoms with Crippen LogP contribution in [0.1, 0.15) is 11.6 Å². The lowest BCUT2D eigenvalue weighted by Crippen LogP contribution is -1.97. The van der Waals surface area contributed by atoms with Crippen molar-refractivity contribution in [1.82, 2.24) is 19.9 Å². The van der Waals surface area contributed by atoms with Crippen molar-refractivity contribution in [3.63, 3.8) is 0 Å². The Kier molecular flexibility index (Phi) is 4.48. The molecule has 0 amide bonds. The maximum atomic E-state index is 10.5. The third-order valence-electron chi connectivity index (χ3n) is 4.05. The number of thioether (sulfide) groups is 1. The number of aromatic nitrogens is 4. The second-order valence-electron chi connectivity index (χ2n) is 5.92. The van der Waals surface area contributed by atoms with Gasteiger partial charge in [0.15, 0.2) is 5.82 Å². The molecule has 0 fully saturated rings. The number of aliphatic hydroxyl groups is 1. The van der Waals surface area contributed by atoms with Gasteiger partial charge in [0.25, 0.3) is 0 Å². The van der Waals surface area contributed by atoms with E-state index in [1.54, 1.807) is 0 Å². The summed E-state index contributed by atoms with van der Waals surface area (Å²) in [6.07, 6.45) is 0. The molecule has 2 heterocycles. The lowest BCUT2D eigenvalue weighted by molar-refractivity contribution is 0.420. The number of imidazole rings is 1. The average Bonchev–Trinajstić information content (AvgIpc) is 3.10. The second-order valence-corrected chi connectivity index (χ2v) is 6.88. The highest BCUT2D eigenvalue weighted by molar-refractivity contribution is 7.99. The number of aryl methyl sites for hydroxylation is 1. The maximum Gasteiger partial charge on any atom is 0.152 e. The molecule has 4 rings (SSSR count). The molecule has 0 aliphatic rings. The van der Waals surface area contributed by atoms with E-state index in [1.807, 2.05) is 55.5 Å². The van der Waals surface area contributed by atoms with Gasteiger partial charge in [-0.2, -0.15) is 5.26 Å². The van der Waals surface area contributed by atoms with Gasteiger partial charge in [0.1, 0.15) is 28.3 Å². The Labute approximate surface area is 159 Å². The second kappa shape index (κ2) is 7.09. The summed E-state index contributed by atoms with van der Waals surface area (Å²) in [4.78, 5) is 16.4. The molecular formula is C20H15N5OS. The number of H-pyrrole nitrogens is 1. The molecule has 0 bridgehead atoms. The molecule has 6 nitrogen and oxygen atoms in total. The van der Waals surface area contributed by atoms with Crippen LogP contribution in [0, 0.1) is 18.3 Å². The SMILES string of the molecule is Cc1nc(SC/C(O)=C(\C#N)c2nc3ccccc3[nH]2)c2ccccc2n1. The van der Waals surface area contributed by atoms with E-state index in [9.17, 15) is 10.4 Å². The van der Waals surface area contributed by atoms with E-state index >= 15 is 0 Å². The van der Waals surface area contributed by atoms with Gasteiger partial charge in [-0.05, 0) is 25.1 Å². The van der Waals surface area contributed by atoms with Crippen molar-refractivity contribution in [2.45, 2.75) is 11.9 Å². The molecule has 132 valence electrons. The molecule has 2 aromatic heterocycles. The van der Waals surface area contributed by atoms with Crippen molar-refractivity contribution in [1.29, 1.82) is 5.26 Å². The van der Waals surface area contributed by atoms with Crippen LogP contribution in [0.2, 0.25) is 0 Å². The Balaban J connectivity index is 1.66. The number of nitrogens with zero attached hydrogens (tertiary/aromatic N) is 4. The van der Waals surface area contributed by atoms with Gasteiger partial charge in [0, 0.05) is 5.39 Å². The minimum Gasteiger partial charge on any atom is -0.510 e. The first-order valence-electron chi connectivity index (χ1n) is 8.29. The molecule has 0 radical (unpaired) electrons. The number of aromatic amines is 1. The van der Waals surface area contributed by atoms with E-state index in [4.69, 9.17) is 0 Å². The molecule has 0 spiro atoms. The fraction of sp³-hybridized carbons (Fsp3) is 0.100. The zero-order valence-corrected chi connectivity index (χ0v) is 15.3. The summed E-state index contributed by atoms with van der Waals surface area (Å²) in [6, 6.07) is 17.3. The fourth-order valence-corrected chi connectivity index (χ4v) is 3.75. The third kappa shape index (κ3) is 3.35. The summed E-state index contributed by atoms with van der Waals surface area (Å²) in [7, 11) is 0. The number of hydrogen-bond acceptors (Lipinski definition) is 6. The molecule has 0 aliphatic carbocycles. The largest absolute Gasteiger partial charge is 0.510 e. The molecule has 0 aliphatic heterocycles. The lowest BCUT2D eigenvalue weighted by Gasteiger charge is -2.07. The van der Waals surface area contributed by atoms with Crippen molar-refractivity contribution < 1.29 is 5.11 Å². The quantitative estimate of drug-likeness (QED) is 0.238. The Morgan fingerprint density at radius 3 is 2.59 bits per heavy atom. The Hall–Kier alpha value is -3.37. The monoisotopic (exact) mass is 373 g/mol. The van der Waals surface area contributed by atoms with Crippen LogP contribution in [0.15, 0.2) is 59.3 Å². The Morgan fingerprint density at radius 2 is 1.81 bits per heavy atom. The van der Waals surface area contributed by atoms with Crippen LogP contribution in [0.4, 0.5) is 0 Å². The van der Waals surface area contributed by atoms with Gasteiger partial charge in [0.2, 0.25) is 0 Å². The topological polar surface area (TPSA) is 98.5 Å². The first-order valence-corrected chi connectivity index (χ1v) is 9.28. The number of nitriles is 1. The van der Waals surface area contributed by atoms with E-state index in [2.05, 4.69) is 26.0 Å². The van der Waals surface area contributed by atoms with Crippen LogP contribution in [-0.4, -0.2) is 30.8 Å². The number of rotatable bonds is 4. The summed E-state index contributed by atoms with van der Waals surface area (Å²) < 4.78 is 0. The molecule has 27 heavy (non-hydrogen) atoms. The predicted molar refractivity (Wildman–Crippen MR) is 106 cm³/mol. The molecule has 0 saturated carbocycles. The number of allylic oxidation sites excluding steroid dienone is 1. The highest BCUT2D eigenvalue weighted by atomic mass is 32.2. The highest BCUT2D eigenvalue weighted by Gasteiger charge is 2.15. The fourth-order valence-electron chi connectivity index (χ4n) is 2.80. The van der Waals surface area contributed by atoms with E-state index in [-0.39, 0.29) is 17.1 Å². The molecule has 0 unspecified atom stereocenters. The minimum absolute atomic E-state index is 0.0399. The summed E-state index contributed by atoms with van der Waals surface area (Å²) in [5.74, 6) is 1.19. The zero-order chi connectivity index (χ0) is 18.8. The lowest BCUT2D eigenvalue weighted by atomic mass is 10.2. The molecule has 0 atom stereocenters. The van der Waals surface area contributed by atoms with Crippen molar-refractivity contribution in [2.75, 3.05) is 5.75 Å². The molecule has 7 heteroatoms. The average molecular weight is 373 g/mol. The molecule has 2 N–H and O–H groups in total. The Morgan fingerprint density at radius 1 is 1.07 bits per heavy atom. The molecule has 4 aromatic rings. The number of hydrogen-bond donors (Lipinski definition) is 2. The van der Waals surface area contributed by atoms with Crippen LogP contribution in [-0.2, 0) is 0 Å². The van der Waals surface area contributed by atoms with Gasteiger partial charge in [-0.3, -0.25) is 0 Å². The van der Waals surface area contributed by atoms with E-state index < -0.39 is 0 Å². The highest BCUT2D eigenvalue weighted by Crippen LogP contribution is 2.28. The smallest absolute Gasteiger partial charge is 0.152 e. The summed E-state index contributed by atoms with van der Waals surface area (Å²) in [6.45, 7) is 1.83. The van der Waals surface area contributed by atoms with Crippen LogP contribution >= 0.6 is 11.8 Å². The van der Waals surface area contributed by atoms with E-state index in [1.165, 1.54) is 11.8 Å². The number of para-hydroxylation sites is 3. The van der Waals surface area contributed by atoms with Crippen LogP contribution < -0.4 is 0 Å². The van der Waals surface area contributed by atoms with Crippen molar-refractivity contribution in [3.05, 3.63) is 65.9 Å². The molecular weight excluding hydrogens is 358 g/mol. The van der Waals surface area contributed by atoms with Gasteiger partial charge in [-0.25, -0.2) is 15.0 Å². The number of aliphatic hydroxyl groups excluding tert-OH is 1. The number of nitrogens with one attached hydrogen (secondary N) is 1. The number of benzene rings is 2. The standard InChI is InChI=1S/C20H15N5OS/c1-12-22-15-7-3-2-6-13(15)20(23-12)27-11-18(26)14(10-21)19-24-16-8-4-5-9-17(16)25-19/h2-9,26H,11H2,1H3,(H,24,25)/b18-14-. The van der Waals surface area contributed by atoms with Crippen molar-refractivity contribution in [3.8, 4) is 6.07 Å². The summed E-state index contributed by atoms with van der Waals surface area (Å²) in [5.41, 5.74) is 2.55. The number of fused-ring (bicyclic) bond motifs is 2. The van der Waals surface area contributed by atoms with E-state index in [0.29, 0.717) is 11.6 Å². The Bertz CT molecular complexity index is 1190. The van der Waals surface area contributed by atoms with Crippen molar-refractivity contribution in [2.24, 2.45) is 0 Å². The van der Waals surface area contributed by atoms with Crippen LogP contribution in [0.3, 0.4) is 0 Å². The first kappa shape index (κ1) is 17.1. The van der Waals surface area contributed by atoms with Gasteiger partial charge in [0.05, 0.1) is 22.3 Å². The molecule has 0 saturated heterocycles. The minimum atomic E-state index is -0.0399. The third-order valence-corrected chi connectivity index (χ3v) is 5.05. The molecule has 2 aromatic carbocycles. The van der Waals surface area contributed by atoms with E-state index in [0.717, 1.165) is 27.0 Å². The van der Waals surface area contributed by atoms with Crippen LogP contribution in [0.5, 0.6) is 0 Å². The summed E-state index contributed by atoms with van der Waals surface area (Å²) in [5, 5.41) is 21.7. The van der Waals surface area contributed by atoms with Crippen molar-refractivity contribution >= 4 is 39.3 Å². The first-order chi connectivity index (χ1) is 13.2.